The topological polar surface area (TPSA) is 76.2 Å². The Hall–Kier alpha value is -3.28. The van der Waals surface area contributed by atoms with Gasteiger partial charge < -0.3 is 14.8 Å². The van der Waals surface area contributed by atoms with E-state index >= 15 is 0 Å². The summed E-state index contributed by atoms with van der Waals surface area (Å²) in [4.78, 5) is 12.3. The van der Waals surface area contributed by atoms with Crippen molar-refractivity contribution in [3.8, 4) is 11.5 Å². The molecule has 0 spiro atoms. The van der Waals surface area contributed by atoms with Crippen molar-refractivity contribution in [2.75, 3.05) is 12.4 Å². The van der Waals surface area contributed by atoms with Gasteiger partial charge in [-0.3, -0.25) is 9.89 Å². The Morgan fingerprint density at radius 3 is 2.79 bits per heavy atom. The van der Waals surface area contributed by atoms with Crippen LogP contribution in [-0.2, 0) is 11.4 Å². The Kier molecular flexibility index (Phi) is 4.77. The molecule has 0 saturated heterocycles. The molecule has 6 heteroatoms. The minimum atomic E-state index is -0.148. The van der Waals surface area contributed by atoms with Crippen LogP contribution in [0.25, 0.3) is 0 Å². The summed E-state index contributed by atoms with van der Waals surface area (Å²) in [5, 5.41) is 10.0. The van der Waals surface area contributed by atoms with E-state index in [4.69, 9.17) is 9.47 Å². The van der Waals surface area contributed by atoms with Gasteiger partial charge in [0, 0.05) is 29.2 Å². The van der Waals surface area contributed by atoms with Gasteiger partial charge >= 0.3 is 0 Å². The highest BCUT2D eigenvalue weighted by molar-refractivity contribution is 5.94. The fraction of sp³-hybridized carbons (Fsp3) is 0.273. The number of ether oxygens (including phenoxy) is 2. The highest BCUT2D eigenvalue weighted by Gasteiger charge is 2.33. The molecule has 144 valence electrons. The molecular formula is C22H23N3O3. The lowest BCUT2D eigenvalue weighted by Gasteiger charge is -2.25. The Bertz CT molecular complexity index is 1030. The second-order valence-corrected chi connectivity index (χ2v) is 7.07. The third-order valence-corrected chi connectivity index (χ3v) is 5.06. The van der Waals surface area contributed by atoms with Crippen LogP contribution in [0.4, 0.5) is 5.82 Å². The molecular weight excluding hydrogens is 354 g/mol. The fourth-order valence-corrected chi connectivity index (χ4v) is 3.78. The first-order valence-corrected chi connectivity index (χ1v) is 9.26. The molecule has 0 bridgehead atoms. The van der Waals surface area contributed by atoms with Crippen LogP contribution in [0.1, 0.15) is 40.3 Å². The van der Waals surface area contributed by atoms with Crippen molar-refractivity contribution in [1.29, 1.82) is 0 Å². The van der Waals surface area contributed by atoms with Gasteiger partial charge in [-0.25, -0.2) is 0 Å². The maximum Gasteiger partial charge on any atom is 0.226 e. The number of hydrogen-bond acceptors (Lipinski definition) is 4. The second-order valence-electron chi connectivity index (χ2n) is 7.07. The van der Waals surface area contributed by atoms with E-state index in [1.54, 1.807) is 7.11 Å². The molecule has 6 nitrogen and oxygen atoms in total. The largest absolute Gasteiger partial charge is 0.493 e. The normalized spacial score (nSPS) is 15.7. The standard InChI is InChI=1S/C22H23N3O3/c1-13-6-4-7-15(10-13)12-28-21-16(8-5-9-18(21)27-3)17-11-19(26)23-22-20(17)14(2)24-25-22/h4-10,17H,11-12H2,1-3H3,(H2,23,24,25,26)/t17-/m1/s1. The molecule has 2 aromatic carbocycles. The number of aryl methyl sites for hydroxylation is 2. The Labute approximate surface area is 163 Å². The quantitative estimate of drug-likeness (QED) is 0.702. The third-order valence-electron chi connectivity index (χ3n) is 5.06. The molecule has 28 heavy (non-hydrogen) atoms. The van der Waals surface area contributed by atoms with Crippen LogP contribution >= 0.6 is 0 Å². The zero-order valence-corrected chi connectivity index (χ0v) is 16.2. The molecule has 0 radical (unpaired) electrons. The third kappa shape index (κ3) is 3.33. The predicted octanol–water partition coefficient (Wildman–Crippen LogP) is 4.09. The number of fused-ring (bicyclic) bond motifs is 1. The van der Waals surface area contributed by atoms with Crippen LogP contribution in [0.3, 0.4) is 0 Å². The number of nitrogens with zero attached hydrogens (tertiary/aromatic N) is 1. The molecule has 0 saturated carbocycles. The van der Waals surface area contributed by atoms with Crippen LogP contribution in [0.15, 0.2) is 42.5 Å². The van der Waals surface area contributed by atoms with Crippen molar-refractivity contribution in [3.63, 3.8) is 0 Å². The number of methoxy groups -OCH3 is 1. The first-order chi connectivity index (χ1) is 13.6. The number of hydrogen-bond donors (Lipinski definition) is 2. The van der Waals surface area contributed by atoms with Crippen LogP contribution in [0, 0.1) is 13.8 Å². The van der Waals surface area contributed by atoms with Gasteiger partial charge in [0.1, 0.15) is 6.61 Å². The van der Waals surface area contributed by atoms with Crippen LogP contribution in [-0.4, -0.2) is 23.2 Å². The van der Waals surface area contributed by atoms with E-state index < -0.39 is 0 Å². The van der Waals surface area contributed by atoms with Gasteiger partial charge in [0.05, 0.1) is 7.11 Å². The molecule has 1 atom stereocenters. The number of anilines is 1. The van der Waals surface area contributed by atoms with E-state index in [0.29, 0.717) is 30.3 Å². The summed E-state index contributed by atoms with van der Waals surface area (Å²) in [5.74, 6) is 1.70. The number of benzene rings is 2. The summed E-state index contributed by atoms with van der Waals surface area (Å²) < 4.78 is 11.8. The van der Waals surface area contributed by atoms with Crippen LogP contribution in [0.5, 0.6) is 11.5 Å². The van der Waals surface area contributed by atoms with E-state index in [-0.39, 0.29) is 11.8 Å². The minimum Gasteiger partial charge on any atom is -0.493 e. The van der Waals surface area contributed by atoms with Crippen molar-refractivity contribution in [1.82, 2.24) is 10.2 Å². The SMILES string of the molecule is COc1cccc([C@H]2CC(=O)Nc3n[nH]c(C)c32)c1OCc1cccc(C)c1. The molecule has 1 aliphatic rings. The van der Waals surface area contributed by atoms with Crippen molar-refractivity contribution in [3.05, 3.63) is 70.4 Å². The van der Waals surface area contributed by atoms with Gasteiger partial charge in [-0.1, -0.05) is 42.0 Å². The van der Waals surface area contributed by atoms with Crippen molar-refractivity contribution >= 4 is 11.7 Å². The summed E-state index contributed by atoms with van der Waals surface area (Å²) in [6.07, 6.45) is 0.335. The summed E-state index contributed by atoms with van der Waals surface area (Å²) in [7, 11) is 1.63. The van der Waals surface area contributed by atoms with E-state index in [9.17, 15) is 4.79 Å². The summed E-state index contributed by atoms with van der Waals surface area (Å²) in [5.41, 5.74) is 5.12. The number of H-pyrrole nitrogens is 1. The van der Waals surface area contributed by atoms with Crippen molar-refractivity contribution in [2.45, 2.75) is 32.8 Å². The first-order valence-electron chi connectivity index (χ1n) is 9.26. The second kappa shape index (κ2) is 7.38. The average Bonchev–Trinajstić information content (AvgIpc) is 3.06. The van der Waals surface area contributed by atoms with E-state index in [2.05, 4.69) is 34.6 Å². The Morgan fingerprint density at radius 1 is 1.18 bits per heavy atom. The predicted molar refractivity (Wildman–Crippen MR) is 107 cm³/mol. The van der Waals surface area contributed by atoms with E-state index in [1.165, 1.54) is 5.56 Å². The number of aromatic amines is 1. The number of aromatic nitrogens is 2. The average molecular weight is 377 g/mol. The zero-order chi connectivity index (χ0) is 19.7. The zero-order valence-electron chi connectivity index (χ0n) is 16.2. The monoisotopic (exact) mass is 377 g/mol. The highest BCUT2D eigenvalue weighted by atomic mass is 16.5. The molecule has 1 amide bonds. The van der Waals surface area contributed by atoms with E-state index in [0.717, 1.165) is 22.4 Å². The molecule has 0 fully saturated rings. The van der Waals surface area contributed by atoms with Gasteiger partial charge in [-0.15, -0.1) is 0 Å². The molecule has 0 unspecified atom stereocenters. The van der Waals surface area contributed by atoms with Gasteiger partial charge in [-0.05, 0) is 25.5 Å². The van der Waals surface area contributed by atoms with Gasteiger partial charge in [0.25, 0.3) is 0 Å². The van der Waals surface area contributed by atoms with Gasteiger partial charge in [0.2, 0.25) is 5.91 Å². The number of nitrogens with one attached hydrogen (secondary N) is 2. The molecule has 4 rings (SSSR count). The summed E-state index contributed by atoms with van der Waals surface area (Å²) >= 11 is 0. The first kappa shape index (κ1) is 18.1. The van der Waals surface area contributed by atoms with Crippen molar-refractivity contribution < 1.29 is 14.3 Å². The van der Waals surface area contributed by atoms with E-state index in [1.807, 2.05) is 37.3 Å². The molecule has 0 aliphatic carbocycles. The number of amides is 1. The molecule has 2 N–H and O–H groups in total. The molecule has 2 heterocycles. The number of para-hydroxylation sites is 1. The molecule has 1 aliphatic heterocycles. The maximum atomic E-state index is 12.3. The molecule has 1 aromatic heterocycles. The summed E-state index contributed by atoms with van der Waals surface area (Å²) in [6.45, 7) is 4.44. The van der Waals surface area contributed by atoms with Gasteiger partial charge in [0.15, 0.2) is 17.3 Å². The highest BCUT2D eigenvalue weighted by Crippen LogP contribution is 2.44. The Balaban J connectivity index is 1.74. The number of carbonyl (C=O) groups excluding carboxylic acids is 1. The van der Waals surface area contributed by atoms with Crippen LogP contribution < -0.4 is 14.8 Å². The Morgan fingerprint density at radius 2 is 2.00 bits per heavy atom. The lowest BCUT2D eigenvalue weighted by atomic mass is 9.85. The lowest BCUT2D eigenvalue weighted by molar-refractivity contribution is -0.116. The van der Waals surface area contributed by atoms with Crippen LogP contribution in [0.2, 0.25) is 0 Å². The smallest absolute Gasteiger partial charge is 0.226 e. The summed E-state index contributed by atoms with van der Waals surface area (Å²) in [6, 6.07) is 14.0. The van der Waals surface area contributed by atoms with Crippen molar-refractivity contribution in [2.24, 2.45) is 0 Å². The molecule has 3 aromatic rings. The number of carbonyl (C=O) groups is 1. The maximum absolute atomic E-state index is 12.3. The fourth-order valence-electron chi connectivity index (χ4n) is 3.78. The lowest BCUT2D eigenvalue weighted by Crippen LogP contribution is -2.24. The van der Waals surface area contributed by atoms with Gasteiger partial charge in [-0.2, -0.15) is 5.10 Å². The number of rotatable bonds is 5. The minimum absolute atomic E-state index is 0.0588.